The van der Waals surface area contributed by atoms with Gasteiger partial charge in [0.15, 0.2) is 5.17 Å². The molecule has 8 heteroatoms. The number of methoxy groups -OCH3 is 1. The van der Waals surface area contributed by atoms with E-state index in [1.54, 1.807) is 7.11 Å². The predicted octanol–water partition coefficient (Wildman–Crippen LogP) is 4.14. The molecular weight excluding hydrogens is 426 g/mol. The Morgan fingerprint density at radius 1 is 1.25 bits per heavy atom. The summed E-state index contributed by atoms with van der Waals surface area (Å²) in [6.07, 6.45) is 2.36. The molecule has 4 rings (SSSR count). The fraction of sp³-hybridized carbons (Fsp3) is 0.458. The minimum atomic E-state index is -0.433. The van der Waals surface area contributed by atoms with Gasteiger partial charge in [0.1, 0.15) is 5.75 Å². The molecule has 2 aliphatic heterocycles. The lowest BCUT2D eigenvalue weighted by molar-refractivity contribution is -0.143. The van der Waals surface area contributed by atoms with Crippen LogP contribution in [0.1, 0.15) is 51.6 Å². The molecule has 1 aromatic carbocycles. The minimum absolute atomic E-state index is 0.0175. The zero-order chi connectivity index (χ0) is 22.8. The Balaban J connectivity index is 1.66. The van der Waals surface area contributed by atoms with Crippen molar-refractivity contribution in [3.8, 4) is 5.75 Å². The molecule has 170 valence electrons. The van der Waals surface area contributed by atoms with Crippen molar-refractivity contribution in [2.24, 2.45) is 10.9 Å². The fourth-order valence-electron chi connectivity index (χ4n) is 3.82. The molecule has 1 unspecified atom stereocenters. The summed E-state index contributed by atoms with van der Waals surface area (Å²) in [5.74, 6) is 0.941. The Bertz CT molecular complexity index is 993. The summed E-state index contributed by atoms with van der Waals surface area (Å²) in [4.78, 5) is 32.4. The average molecular weight is 456 g/mol. The quantitative estimate of drug-likeness (QED) is 0.594. The van der Waals surface area contributed by atoms with Crippen LogP contribution < -0.4 is 10.1 Å². The lowest BCUT2D eigenvalue weighted by Gasteiger charge is -2.36. The van der Waals surface area contributed by atoms with Crippen LogP contribution >= 0.6 is 11.8 Å². The Morgan fingerprint density at radius 3 is 2.59 bits per heavy atom. The molecule has 1 fully saturated rings. The van der Waals surface area contributed by atoms with Crippen molar-refractivity contribution >= 4 is 28.8 Å². The van der Waals surface area contributed by atoms with E-state index < -0.39 is 12.0 Å². The monoisotopic (exact) mass is 455 g/mol. The van der Waals surface area contributed by atoms with Crippen LogP contribution in [0.15, 0.2) is 51.6 Å². The van der Waals surface area contributed by atoms with E-state index in [2.05, 4.69) is 10.3 Å². The molecule has 1 aromatic rings. The van der Waals surface area contributed by atoms with Crippen LogP contribution in [0.25, 0.3) is 0 Å². The van der Waals surface area contributed by atoms with Crippen LogP contribution in [0.4, 0.5) is 0 Å². The van der Waals surface area contributed by atoms with Gasteiger partial charge in [-0.05, 0) is 62.6 Å². The molecule has 1 N–H and O–H groups in total. The number of hydrogen-bond acceptors (Lipinski definition) is 7. The Morgan fingerprint density at radius 2 is 1.97 bits per heavy atom. The zero-order valence-electron chi connectivity index (χ0n) is 18.9. The van der Waals surface area contributed by atoms with Gasteiger partial charge in [-0.1, -0.05) is 23.9 Å². The molecule has 3 aliphatic rings. The van der Waals surface area contributed by atoms with Gasteiger partial charge in [-0.15, -0.1) is 0 Å². The standard InChI is InChI=1S/C24H29N3O4S/c1-14(2)31-23(29)21-15(3)26-24-27(22(21)17-7-9-19(30-4)10-8-17)18(13-32-24)11-20(28)25-12-16-5-6-16/h7-10,13-14,16,22H,5-6,11-12H2,1-4H3,(H,25,28). The molecule has 0 bridgehead atoms. The molecule has 0 saturated heterocycles. The topological polar surface area (TPSA) is 80.2 Å². The van der Waals surface area contributed by atoms with Crippen LogP contribution in [0.5, 0.6) is 5.75 Å². The number of amidine groups is 1. The van der Waals surface area contributed by atoms with Gasteiger partial charge in [-0.2, -0.15) is 0 Å². The summed E-state index contributed by atoms with van der Waals surface area (Å²) in [5.41, 5.74) is 2.84. The second kappa shape index (κ2) is 9.40. The van der Waals surface area contributed by atoms with Crippen LogP contribution in [0, 0.1) is 5.92 Å². The largest absolute Gasteiger partial charge is 0.497 e. The van der Waals surface area contributed by atoms with E-state index in [0.717, 1.165) is 28.7 Å². The number of fused-ring (bicyclic) bond motifs is 1. The summed E-state index contributed by atoms with van der Waals surface area (Å²) >= 11 is 1.47. The van der Waals surface area contributed by atoms with Crippen LogP contribution in [0.2, 0.25) is 0 Å². The molecule has 2 heterocycles. The number of carbonyl (C=O) groups excluding carboxylic acids is 2. The van der Waals surface area contributed by atoms with Gasteiger partial charge in [0.2, 0.25) is 5.91 Å². The smallest absolute Gasteiger partial charge is 0.338 e. The molecule has 0 spiro atoms. The highest BCUT2D eigenvalue weighted by molar-refractivity contribution is 8.16. The van der Waals surface area contributed by atoms with E-state index in [0.29, 0.717) is 17.2 Å². The number of thioether (sulfide) groups is 1. The molecule has 0 aromatic heterocycles. The maximum Gasteiger partial charge on any atom is 0.338 e. The van der Waals surface area contributed by atoms with E-state index in [9.17, 15) is 9.59 Å². The Labute approximate surface area is 192 Å². The first-order valence-electron chi connectivity index (χ1n) is 10.9. The number of rotatable bonds is 8. The van der Waals surface area contributed by atoms with Gasteiger partial charge in [0.25, 0.3) is 0 Å². The Hall–Kier alpha value is -2.74. The number of allylic oxidation sites excluding steroid dienone is 1. The Kier molecular flexibility index (Phi) is 6.60. The van der Waals surface area contributed by atoms with Crippen LogP contribution in [-0.4, -0.2) is 41.7 Å². The maximum atomic E-state index is 13.1. The van der Waals surface area contributed by atoms with Crippen molar-refractivity contribution in [1.29, 1.82) is 0 Å². The number of nitrogens with one attached hydrogen (secondary N) is 1. The molecule has 7 nitrogen and oxygen atoms in total. The maximum absolute atomic E-state index is 13.1. The number of aliphatic imine (C=N–C) groups is 1. The third-order valence-corrected chi connectivity index (χ3v) is 6.51. The number of benzene rings is 1. The van der Waals surface area contributed by atoms with Crippen LogP contribution in [0.3, 0.4) is 0 Å². The summed E-state index contributed by atoms with van der Waals surface area (Å²) in [6.45, 7) is 6.22. The fourth-order valence-corrected chi connectivity index (χ4v) is 4.78. The number of amides is 1. The lowest BCUT2D eigenvalue weighted by Crippen LogP contribution is -2.38. The lowest BCUT2D eigenvalue weighted by atomic mass is 9.93. The summed E-state index contributed by atoms with van der Waals surface area (Å²) in [5, 5.41) is 5.74. The highest BCUT2D eigenvalue weighted by atomic mass is 32.2. The van der Waals surface area contributed by atoms with E-state index in [1.807, 2.05) is 55.3 Å². The highest BCUT2D eigenvalue weighted by Gasteiger charge is 2.41. The molecule has 1 amide bonds. The molecular formula is C24H29N3O4S. The predicted molar refractivity (Wildman–Crippen MR) is 125 cm³/mol. The first-order valence-corrected chi connectivity index (χ1v) is 11.8. The van der Waals surface area contributed by atoms with Crippen molar-refractivity contribution in [2.75, 3.05) is 13.7 Å². The molecule has 1 atom stereocenters. The highest BCUT2D eigenvalue weighted by Crippen LogP contribution is 2.45. The van der Waals surface area contributed by atoms with E-state index in [1.165, 1.54) is 24.6 Å². The van der Waals surface area contributed by atoms with E-state index in [4.69, 9.17) is 9.47 Å². The first-order chi connectivity index (χ1) is 15.4. The molecule has 32 heavy (non-hydrogen) atoms. The van der Waals surface area contributed by atoms with Crippen molar-refractivity contribution < 1.29 is 19.1 Å². The molecule has 1 aliphatic carbocycles. The normalized spacial score (nSPS) is 20.0. The zero-order valence-corrected chi connectivity index (χ0v) is 19.7. The second-order valence-corrected chi connectivity index (χ2v) is 9.38. The van der Waals surface area contributed by atoms with E-state index in [-0.39, 0.29) is 18.4 Å². The molecule has 1 saturated carbocycles. The van der Waals surface area contributed by atoms with Gasteiger partial charge >= 0.3 is 5.97 Å². The van der Waals surface area contributed by atoms with Crippen molar-refractivity contribution in [3.63, 3.8) is 0 Å². The summed E-state index contributed by atoms with van der Waals surface area (Å²) in [6, 6.07) is 7.19. The average Bonchev–Trinajstić information content (AvgIpc) is 3.51. The third kappa shape index (κ3) is 4.85. The number of esters is 1. The third-order valence-electron chi connectivity index (χ3n) is 5.62. The number of ether oxygens (including phenoxy) is 2. The first kappa shape index (κ1) is 22.5. The van der Waals surface area contributed by atoms with Gasteiger partial charge in [-0.25, -0.2) is 9.79 Å². The summed E-state index contributed by atoms with van der Waals surface area (Å²) in [7, 11) is 1.62. The van der Waals surface area contributed by atoms with Crippen molar-refractivity contribution in [3.05, 3.63) is 52.2 Å². The second-order valence-electron chi connectivity index (χ2n) is 8.54. The number of carbonyl (C=O) groups is 2. The van der Waals surface area contributed by atoms with Crippen molar-refractivity contribution in [1.82, 2.24) is 10.2 Å². The molecule has 0 radical (unpaired) electrons. The van der Waals surface area contributed by atoms with Gasteiger partial charge < -0.3 is 19.7 Å². The van der Waals surface area contributed by atoms with Gasteiger partial charge in [-0.3, -0.25) is 4.79 Å². The van der Waals surface area contributed by atoms with Gasteiger partial charge in [0.05, 0.1) is 36.9 Å². The number of nitrogens with zero attached hydrogens (tertiary/aromatic N) is 2. The van der Waals surface area contributed by atoms with E-state index >= 15 is 0 Å². The van der Waals surface area contributed by atoms with Crippen molar-refractivity contribution in [2.45, 2.75) is 52.2 Å². The van der Waals surface area contributed by atoms with Gasteiger partial charge in [0, 0.05) is 12.2 Å². The SMILES string of the molecule is COc1ccc(C2C(C(=O)OC(C)C)=C(C)N=C3SC=C(CC(=O)NCC4CC4)N32)cc1. The minimum Gasteiger partial charge on any atom is -0.497 e. The number of hydrogen-bond donors (Lipinski definition) is 1. The summed E-state index contributed by atoms with van der Waals surface area (Å²) < 4.78 is 10.9. The van der Waals surface area contributed by atoms with Crippen LogP contribution in [-0.2, 0) is 14.3 Å².